The third-order valence-corrected chi connectivity index (χ3v) is 3.73. The molecule has 0 spiro atoms. The molecule has 0 unspecified atom stereocenters. The summed E-state index contributed by atoms with van der Waals surface area (Å²) in [4.78, 5) is 13.8. The van der Waals surface area contributed by atoms with Gasteiger partial charge < -0.3 is 18.9 Å². The van der Waals surface area contributed by atoms with Crippen LogP contribution in [-0.2, 0) is 27.2 Å². The van der Waals surface area contributed by atoms with Crippen molar-refractivity contribution in [3.8, 4) is 0 Å². The molecule has 2 rings (SSSR count). The molecule has 0 bridgehead atoms. The number of aryl methyl sites for hydroxylation is 1. The van der Waals surface area contributed by atoms with E-state index in [4.69, 9.17) is 25.6 Å². The average molecular weight is 317 g/mol. The second kappa shape index (κ2) is 7.77. The molecule has 1 aliphatic heterocycles. The first-order valence-corrected chi connectivity index (χ1v) is 7.72. The zero-order valence-electron chi connectivity index (χ0n) is 12.4. The van der Waals surface area contributed by atoms with E-state index in [-0.39, 0.29) is 23.9 Å². The molecule has 2 atom stereocenters. The van der Waals surface area contributed by atoms with Crippen molar-refractivity contribution in [3.05, 3.63) is 17.5 Å². The molecule has 1 fully saturated rings. The number of hydrogen-bond donors (Lipinski definition) is 0. The second-order valence-corrected chi connectivity index (χ2v) is 5.16. The molecule has 1 aliphatic rings. The maximum absolute atomic E-state index is 12.2. The van der Waals surface area contributed by atoms with Crippen molar-refractivity contribution in [2.24, 2.45) is 0 Å². The lowest BCUT2D eigenvalue weighted by Crippen LogP contribution is -2.47. The zero-order valence-corrected chi connectivity index (χ0v) is 13.1. The fourth-order valence-corrected chi connectivity index (χ4v) is 2.58. The number of alkyl halides is 1. The average Bonchev–Trinajstić information content (AvgIpc) is 3.13. The van der Waals surface area contributed by atoms with Crippen LogP contribution in [0.3, 0.4) is 0 Å². The SMILES string of the molecule is CCO[C@@H]1COC[C@H]1N(Cc1cc(CC)on1)C(=O)CCl. The molecular formula is C14H21ClN2O4. The fraction of sp³-hybridized carbons (Fsp3) is 0.714. The van der Waals surface area contributed by atoms with E-state index in [1.165, 1.54) is 0 Å². The van der Waals surface area contributed by atoms with Gasteiger partial charge in [0.2, 0.25) is 5.91 Å². The second-order valence-electron chi connectivity index (χ2n) is 4.89. The Balaban J connectivity index is 2.12. The standard InChI is InChI=1S/C14H21ClN2O4/c1-3-11-5-10(16-21-11)7-17(14(18)6-15)12-8-19-9-13(12)20-4-2/h5,12-13H,3-4,6-9H2,1-2H3/t12-,13-/m1/s1. The Morgan fingerprint density at radius 1 is 1.52 bits per heavy atom. The van der Waals surface area contributed by atoms with E-state index in [0.29, 0.717) is 32.1 Å². The van der Waals surface area contributed by atoms with E-state index >= 15 is 0 Å². The van der Waals surface area contributed by atoms with Crippen LogP contribution in [0.15, 0.2) is 10.6 Å². The van der Waals surface area contributed by atoms with Gasteiger partial charge in [-0.1, -0.05) is 12.1 Å². The first kappa shape index (κ1) is 16.3. The molecule has 0 aromatic carbocycles. The van der Waals surface area contributed by atoms with Crippen molar-refractivity contribution in [2.75, 3.05) is 25.7 Å². The van der Waals surface area contributed by atoms with E-state index < -0.39 is 0 Å². The van der Waals surface area contributed by atoms with Crippen LogP contribution in [0.2, 0.25) is 0 Å². The lowest BCUT2D eigenvalue weighted by molar-refractivity contribution is -0.134. The molecule has 0 N–H and O–H groups in total. The van der Waals surface area contributed by atoms with E-state index in [1.807, 2.05) is 19.9 Å². The Morgan fingerprint density at radius 3 is 2.95 bits per heavy atom. The fourth-order valence-electron chi connectivity index (χ4n) is 2.43. The van der Waals surface area contributed by atoms with Gasteiger partial charge in [0.05, 0.1) is 25.8 Å². The number of rotatable bonds is 7. The van der Waals surface area contributed by atoms with Gasteiger partial charge in [-0.3, -0.25) is 4.79 Å². The van der Waals surface area contributed by atoms with Crippen LogP contribution in [0.1, 0.15) is 25.3 Å². The third-order valence-electron chi connectivity index (χ3n) is 3.50. The number of carbonyl (C=O) groups is 1. The quantitative estimate of drug-likeness (QED) is 0.715. The molecule has 1 aromatic rings. The van der Waals surface area contributed by atoms with Gasteiger partial charge in [0.1, 0.15) is 23.4 Å². The molecule has 21 heavy (non-hydrogen) atoms. The van der Waals surface area contributed by atoms with Crippen LogP contribution in [0.25, 0.3) is 0 Å². The van der Waals surface area contributed by atoms with Gasteiger partial charge in [-0.15, -0.1) is 11.6 Å². The van der Waals surface area contributed by atoms with Gasteiger partial charge in [-0.05, 0) is 6.92 Å². The van der Waals surface area contributed by atoms with Crippen LogP contribution in [0, 0.1) is 0 Å². The van der Waals surface area contributed by atoms with Crippen molar-refractivity contribution < 1.29 is 18.8 Å². The molecule has 2 heterocycles. The molecule has 7 heteroatoms. The molecule has 6 nitrogen and oxygen atoms in total. The predicted molar refractivity (Wildman–Crippen MR) is 77.2 cm³/mol. The predicted octanol–water partition coefficient (Wildman–Crippen LogP) is 1.61. The van der Waals surface area contributed by atoms with Crippen molar-refractivity contribution in [1.82, 2.24) is 10.1 Å². The van der Waals surface area contributed by atoms with E-state index in [2.05, 4.69) is 5.16 Å². The number of amides is 1. The summed E-state index contributed by atoms with van der Waals surface area (Å²) in [6.07, 6.45) is 0.643. The van der Waals surface area contributed by atoms with Crippen molar-refractivity contribution in [1.29, 1.82) is 0 Å². The number of ether oxygens (including phenoxy) is 2. The number of hydrogen-bond acceptors (Lipinski definition) is 5. The minimum atomic E-state index is -0.155. The first-order chi connectivity index (χ1) is 10.2. The van der Waals surface area contributed by atoms with Gasteiger partial charge in [0.25, 0.3) is 0 Å². The highest BCUT2D eigenvalue weighted by Crippen LogP contribution is 2.20. The molecule has 1 saturated heterocycles. The minimum Gasteiger partial charge on any atom is -0.376 e. The highest BCUT2D eigenvalue weighted by Gasteiger charge is 2.36. The van der Waals surface area contributed by atoms with Crippen molar-refractivity contribution in [3.63, 3.8) is 0 Å². The smallest absolute Gasteiger partial charge is 0.238 e. The minimum absolute atomic E-state index is 0.0756. The number of carbonyl (C=O) groups excluding carboxylic acids is 1. The molecular weight excluding hydrogens is 296 g/mol. The number of halogens is 1. The number of aromatic nitrogens is 1. The summed E-state index contributed by atoms with van der Waals surface area (Å²) >= 11 is 5.73. The van der Waals surface area contributed by atoms with Crippen LogP contribution >= 0.6 is 11.6 Å². The largest absolute Gasteiger partial charge is 0.376 e. The molecule has 0 radical (unpaired) electrons. The van der Waals surface area contributed by atoms with E-state index in [1.54, 1.807) is 4.90 Å². The Morgan fingerprint density at radius 2 is 2.33 bits per heavy atom. The Kier molecular flexibility index (Phi) is 6.02. The van der Waals surface area contributed by atoms with Gasteiger partial charge >= 0.3 is 0 Å². The Bertz CT molecular complexity index is 466. The van der Waals surface area contributed by atoms with Gasteiger partial charge in [-0.25, -0.2) is 0 Å². The van der Waals surface area contributed by atoms with Crippen LogP contribution < -0.4 is 0 Å². The van der Waals surface area contributed by atoms with Crippen molar-refractivity contribution in [2.45, 2.75) is 39.0 Å². The highest BCUT2D eigenvalue weighted by atomic mass is 35.5. The Hall–Kier alpha value is -1.11. The maximum atomic E-state index is 12.2. The maximum Gasteiger partial charge on any atom is 0.238 e. The number of nitrogens with zero attached hydrogens (tertiary/aromatic N) is 2. The first-order valence-electron chi connectivity index (χ1n) is 7.18. The molecule has 0 aliphatic carbocycles. The Labute approximate surface area is 129 Å². The van der Waals surface area contributed by atoms with Crippen LogP contribution in [0.4, 0.5) is 0 Å². The summed E-state index contributed by atoms with van der Waals surface area (Å²) in [5.41, 5.74) is 0.715. The molecule has 1 aromatic heterocycles. The normalized spacial score (nSPS) is 21.7. The lowest BCUT2D eigenvalue weighted by Gasteiger charge is -2.30. The lowest BCUT2D eigenvalue weighted by atomic mass is 10.1. The van der Waals surface area contributed by atoms with Gasteiger partial charge in [0, 0.05) is 19.1 Å². The molecule has 1 amide bonds. The topological polar surface area (TPSA) is 64.8 Å². The summed E-state index contributed by atoms with van der Waals surface area (Å²) in [5, 5.41) is 3.99. The van der Waals surface area contributed by atoms with Gasteiger partial charge in [-0.2, -0.15) is 0 Å². The summed E-state index contributed by atoms with van der Waals surface area (Å²) < 4.78 is 16.3. The van der Waals surface area contributed by atoms with Crippen LogP contribution in [-0.4, -0.2) is 53.8 Å². The third kappa shape index (κ3) is 3.96. The highest BCUT2D eigenvalue weighted by molar-refractivity contribution is 6.27. The van der Waals surface area contributed by atoms with Crippen molar-refractivity contribution >= 4 is 17.5 Å². The summed E-state index contributed by atoms with van der Waals surface area (Å²) in [5.74, 6) is 0.568. The van der Waals surface area contributed by atoms with E-state index in [9.17, 15) is 4.79 Å². The summed E-state index contributed by atoms with van der Waals surface area (Å²) in [6, 6.07) is 1.72. The van der Waals surface area contributed by atoms with Crippen LogP contribution in [0.5, 0.6) is 0 Å². The van der Waals surface area contributed by atoms with E-state index in [0.717, 1.165) is 12.2 Å². The summed E-state index contributed by atoms with van der Waals surface area (Å²) in [7, 11) is 0. The van der Waals surface area contributed by atoms with Gasteiger partial charge in [0.15, 0.2) is 0 Å². The molecule has 118 valence electrons. The molecule has 0 saturated carbocycles. The summed E-state index contributed by atoms with van der Waals surface area (Å²) in [6.45, 7) is 5.79. The monoisotopic (exact) mass is 316 g/mol. The zero-order chi connectivity index (χ0) is 15.2.